The highest BCUT2D eigenvalue weighted by molar-refractivity contribution is 7.98. The Morgan fingerprint density at radius 2 is 2.00 bits per heavy atom. The van der Waals surface area contributed by atoms with Crippen molar-refractivity contribution in [3.8, 4) is 0 Å². The molecule has 0 radical (unpaired) electrons. The first kappa shape index (κ1) is 20.7. The Kier molecular flexibility index (Phi) is 8.92. The fraction of sp³-hybridized carbons (Fsp3) is 0.524. The van der Waals surface area contributed by atoms with Crippen molar-refractivity contribution in [1.82, 2.24) is 15.3 Å². The summed E-state index contributed by atoms with van der Waals surface area (Å²) in [5.41, 5.74) is 2.57. The Labute approximate surface area is 162 Å². The van der Waals surface area contributed by atoms with Crippen LogP contribution >= 0.6 is 11.8 Å². The second kappa shape index (κ2) is 11.2. The van der Waals surface area contributed by atoms with Gasteiger partial charge in [0.1, 0.15) is 5.82 Å². The van der Waals surface area contributed by atoms with Crippen LogP contribution in [0.25, 0.3) is 0 Å². The highest BCUT2D eigenvalue weighted by Crippen LogP contribution is 2.20. The first-order chi connectivity index (χ1) is 12.6. The van der Waals surface area contributed by atoms with Crippen molar-refractivity contribution in [2.24, 2.45) is 0 Å². The summed E-state index contributed by atoms with van der Waals surface area (Å²) in [7, 11) is 2.13. The average Bonchev–Trinajstić information content (AvgIpc) is 2.69. The number of aromatic nitrogens is 2. The molecule has 0 aliphatic rings. The molecule has 1 aromatic carbocycles. The fourth-order valence-electron chi connectivity index (χ4n) is 2.85. The molecule has 0 saturated carbocycles. The molecule has 0 aliphatic heterocycles. The van der Waals surface area contributed by atoms with E-state index < -0.39 is 0 Å². The van der Waals surface area contributed by atoms with Crippen LogP contribution < -0.4 is 10.2 Å². The van der Waals surface area contributed by atoms with Crippen LogP contribution in [-0.2, 0) is 13.0 Å². The van der Waals surface area contributed by atoms with E-state index in [0.717, 1.165) is 36.9 Å². The zero-order valence-electron chi connectivity index (χ0n) is 16.5. The largest absolute Gasteiger partial charge is 0.359 e. The van der Waals surface area contributed by atoms with Crippen LogP contribution in [0.4, 0.5) is 5.82 Å². The minimum atomic E-state index is 0.448. The lowest BCUT2D eigenvalue weighted by atomic mass is 10.1. The summed E-state index contributed by atoms with van der Waals surface area (Å²) in [6, 6.07) is 11.1. The van der Waals surface area contributed by atoms with Crippen LogP contribution in [0.1, 0.15) is 44.2 Å². The van der Waals surface area contributed by atoms with Crippen LogP contribution in [0.3, 0.4) is 0 Å². The van der Waals surface area contributed by atoms with E-state index in [1.807, 2.05) is 12.5 Å². The zero-order valence-corrected chi connectivity index (χ0v) is 17.4. The van der Waals surface area contributed by atoms with Crippen molar-refractivity contribution in [1.29, 1.82) is 0 Å². The third-order valence-electron chi connectivity index (χ3n) is 4.56. The number of thioether (sulfide) groups is 1. The highest BCUT2D eigenvalue weighted by Gasteiger charge is 2.12. The van der Waals surface area contributed by atoms with Crippen LogP contribution in [-0.4, -0.2) is 35.9 Å². The SMILES string of the molecule is CCCCN(C)c1nc(SC)ncc1CNC(C)CCc1ccccc1. The normalized spacial score (nSPS) is 12.2. The number of aryl methyl sites for hydroxylation is 1. The Balaban J connectivity index is 1.94. The van der Waals surface area contributed by atoms with Crippen molar-refractivity contribution >= 4 is 17.6 Å². The fourth-order valence-corrected chi connectivity index (χ4v) is 3.19. The monoisotopic (exact) mass is 372 g/mol. The number of rotatable bonds is 11. The average molecular weight is 373 g/mol. The molecule has 1 aromatic heterocycles. The van der Waals surface area contributed by atoms with Gasteiger partial charge in [-0.25, -0.2) is 9.97 Å². The van der Waals surface area contributed by atoms with Gasteiger partial charge >= 0.3 is 0 Å². The molecule has 0 amide bonds. The minimum Gasteiger partial charge on any atom is -0.359 e. The summed E-state index contributed by atoms with van der Waals surface area (Å²) in [5, 5.41) is 4.48. The molecule has 0 fully saturated rings. The van der Waals surface area contributed by atoms with E-state index in [1.54, 1.807) is 11.8 Å². The lowest BCUT2D eigenvalue weighted by Crippen LogP contribution is -2.28. The van der Waals surface area contributed by atoms with Gasteiger partial charge in [0.15, 0.2) is 5.16 Å². The number of benzene rings is 1. The van der Waals surface area contributed by atoms with Crippen LogP contribution in [0.15, 0.2) is 41.7 Å². The lowest BCUT2D eigenvalue weighted by Gasteiger charge is -2.22. The number of nitrogens with zero attached hydrogens (tertiary/aromatic N) is 3. The van der Waals surface area contributed by atoms with Gasteiger partial charge in [0.25, 0.3) is 0 Å². The molecule has 0 saturated heterocycles. The van der Waals surface area contributed by atoms with Crippen molar-refractivity contribution in [3.63, 3.8) is 0 Å². The molecule has 26 heavy (non-hydrogen) atoms. The van der Waals surface area contributed by atoms with Crippen molar-refractivity contribution in [3.05, 3.63) is 47.7 Å². The molecule has 2 aromatic rings. The van der Waals surface area contributed by atoms with Gasteiger partial charge in [0.05, 0.1) is 0 Å². The lowest BCUT2D eigenvalue weighted by molar-refractivity contribution is 0.512. The van der Waals surface area contributed by atoms with E-state index in [4.69, 9.17) is 4.98 Å². The first-order valence-corrected chi connectivity index (χ1v) is 10.7. The standard InChI is InChI=1S/C21H32N4S/c1-5-6-14-25(3)20-19(16-23-21(24-20)26-4)15-22-17(2)12-13-18-10-8-7-9-11-18/h7-11,16-17,22H,5-6,12-15H2,1-4H3. The van der Waals surface area contributed by atoms with Crippen molar-refractivity contribution < 1.29 is 0 Å². The highest BCUT2D eigenvalue weighted by atomic mass is 32.2. The first-order valence-electron chi connectivity index (χ1n) is 9.52. The summed E-state index contributed by atoms with van der Waals surface area (Å²) < 4.78 is 0. The Hall–Kier alpha value is -1.59. The maximum absolute atomic E-state index is 4.75. The van der Waals surface area contributed by atoms with E-state index in [2.05, 4.69) is 66.4 Å². The van der Waals surface area contributed by atoms with Gasteiger partial charge in [0.2, 0.25) is 0 Å². The summed E-state index contributed by atoms with van der Waals surface area (Å²) in [5.74, 6) is 1.06. The molecule has 5 heteroatoms. The smallest absolute Gasteiger partial charge is 0.189 e. The van der Waals surface area contributed by atoms with Crippen LogP contribution in [0.5, 0.6) is 0 Å². The van der Waals surface area contributed by atoms with Gasteiger partial charge in [-0.1, -0.05) is 55.4 Å². The van der Waals surface area contributed by atoms with E-state index in [1.165, 1.54) is 24.0 Å². The van der Waals surface area contributed by atoms with Crippen LogP contribution in [0.2, 0.25) is 0 Å². The maximum Gasteiger partial charge on any atom is 0.189 e. The Bertz CT molecular complexity index is 648. The number of nitrogens with one attached hydrogen (secondary N) is 1. The number of hydrogen-bond acceptors (Lipinski definition) is 5. The molecule has 142 valence electrons. The van der Waals surface area contributed by atoms with E-state index >= 15 is 0 Å². The molecule has 1 heterocycles. The predicted molar refractivity (Wildman–Crippen MR) is 113 cm³/mol. The molecule has 2 rings (SSSR count). The van der Waals surface area contributed by atoms with Gasteiger partial charge in [0, 0.05) is 37.9 Å². The third kappa shape index (κ3) is 6.61. The Morgan fingerprint density at radius 3 is 2.69 bits per heavy atom. The number of anilines is 1. The Morgan fingerprint density at radius 1 is 1.23 bits per heavy atom. The van der Waals surface area contributed by atoms with Gasteiger partial charge in [-0.3, -0.25) is 0 Å². The van der Waals surface area contributed by atoms with Crippen molar-refractivity contribution in [2.45, 2.75) is 57.3 Å². The molecular formula is C21H32N4S. The zero-order chi connectivity index (χ0) is 18.8. The molecule has 4 nitrogen and oxygen atoms in total. The minimum absolute atomic E-state index is 0.448. The summed E-state index contributed by atoms with van der Waals surface area (Å²) in [6.45, 7) is 6.30. The van der Waals surface area contributed by atoms with E-state index in [0.29, 0.717) is 6.04 Å². The van der Waals surface area contributed by atoms with E-state index in [9.17, 15) is 0 Å². The number of hydrogen-bond donors (Lipinski definition) is 1. The van der Waals surface area contributed by atoms with Gasteiger partial charge < -0.3 is 10.2 Å². The summed E-state index contributed by atoms with van der Waals surface area (Å²) in [4.78, 5) is 11.5. The van der Waals surface area contributed by atoms with Crippen molar-refractivity contribution in [2.75, 3.05) is 24.7 Å². The summed E-state index contributed by atoms with van der Waals surface area (Å²) >= 11 is 1.59. The molecular weight excluding hydrogens is 340 g/mol. The molecule has 1 unspecified atom stereocenters. The molecule has 1 N–H and O–H groups in total. The van der Waals surface area contributed by atoms with Gasteiger partial charge in [-0.05, 0) is 38.0 Å². The van der Waals surface area contributed by atoms with Gasteiger partial charge in [-0.15, -0.1) is 0 Å². The number of unbranched alkanes of at least 4 members (excludes halogenated alkanes) is 1. The summed E-state index contributed by atoms with van der Waals surface area (Å²) in [6.07, 6.45) is 8.58. The molecule has 1 atom stereocenters. The van der Waals surface area contributed by atoms with E-state index in [-0.39, 0.29) is 0 Å². The maximum atomic E-state index is 4.75. The third-order valence-corrected chi connectivity index (χ3v) is 5.12. The molecule has 0 spiro atoms. The second-order valence-electron chi connectivity index (χ2n) is 6.79. The quantitative estimate of drug-likeness (QED) is 0.463. The topological polar surface area (TPSA) is 41.1 Å². The van der Waals surface area contributed by atoms with Crippen LogP contribution in [0, 0.1) is 0 Å². The second-order valence-corrected chi connectivity index (χ2v) is 7.56. The van der Waals surface area contributed by atoms with Gasteiger partial charge in [-0.2, -0.15) is 0 Å². The molecule has 0 aliphatic carbocycles. The predicted octanol–water partition coefficient (Wildman–Crippen LogP) is 4.55. The molecule has 0 bridgehead atoms.